The number of ether oxygens (including phenoxy) is 1. The van der Waals surface area contributed by atoms with E-state index in [0.29, 0.717) is 5.89 Å². The summed E-state index contributed by atoms with van der Waals surface area (Å²) >= 11 is 3.02. The highest BCUT2D eigenvalue weighted by Gasteiger charge is 2.17. The maximum absolute atomic E-state index is 5.26. The van der Waals surface area contributed by atoms with Gasteiger partial charge in [0.05, 0.1) is 12.4 Å². The fourth-order valence-electron chi connectivity index (χ4n) is 1.91. The van der Waals surface area contributed by atoms with Crippen LogP contribution in [0.1, 0.15) is 30.8 Å². The number of aryl methyl sites for hydroxylation is 1. The van der Waals surface area contributed by atoms with E-state index in [9.17, 15) is 0 Å². The van der Waals surface area contributed by atoms with Crippen LogP contribution in [-0.4, -0.2) is 27.4 Å². The lowest BCUT2D eigenvalue weighted by atomic mass is 10.3. The van der Waals surface area contributed by atoms with Gasteiger partial charge in [-0.2, -0.15) is 4.98 Å². The zero-order valence-corrected chi connectivity index (χ0v) is 15.1. The highest BCUT2D eigenvalue weighted by atomic mass is 32.2. The van der Waals surface area contributed by atoms with E-state index < -0.39 is 0 Å². The van der Waals surface area contributed by atoms with E-state index in [1.807, 2.05) is 38.1 Å². The van der Waals surface area contributed by atoms with Crippen molar-refractivity contribution in [1.82, 2.24) is 20.3 Å². The largest absolute Gasteiger partial charge is 0.497 e. The van der Waals surface area contributed by atoms with E-state index in [4.69, 9.17) is 9.26 Å². The molecule has 24 heavy (non-hydrogen) atoms. The topological polar surface area (TPSA) is 86.0 Å². The summed E-state index contributed by atoms with van der Waals surface area (Å²) in [5.74, 6) is 2.11. The van der Waals surface area contributed by atoms with E-state index in [-0.39, 0.29) is 5.25 Å². The molecule has 0 amide bonds. The Morgan fingerprint density at radius 1 is 1.38 bits per heavy atom. The minimum Gasteiger partial charge on any atom is -0.497 e. The Kier molecular flexibility index (Phi) is 5.31. The summed E-state index contributed by atoms with van der Waals surface area (Å²) in [6.07, 6.45) is 0.758. The third-order valence-electron chi connectivity index (χ3n) is 3.15. The van der Waals surface area contributed by atoms with Crippen molar-refractivity contribution in [2.24, 2.45) is 0 Å². The molecule has 0 aliphatic heterocycles. The van der Waals surface area contributed by atoms with Gasteiger partial charge in [-0.15, -0.1) is 10.2 Å². The molecular weight excluding hydrogens is 346 g/mol. The average molecular weight is 363 g/mol. The number of hydrogen-bond acceptors (Lipinski definition) is 9. The number of nitrogens with zero attached hydrogens (tertiary/aromatic N) is 4. The van der Waals surface area contributed by atoms with Gasteiger partial charge in [-0.1, -0.05) is 41.2 Å². The van der Waals surface area contributed by atoms with Crippen molar-refractivity contribution < 1.29 is 9.26 Å². The number of methoxy groups -OCH3 is 1. The van der Waals surface area contributed by atoms with Crippen LogP contribution in [-0.2, 0) is 6.42 Å². The van der Waals surface area contributed by atoms with Gasteiger partial charge in [-0.25, -0.2) is 0 Å². The lowest BCUT2D eigenvalue weighted by Crippen LogP contribution is -1.90. The van der Waals surface area contributed by atoms with E-state index in [0.717, 1.165) is 33.2 Å². The molecule has 1 aromatic carbocycles. The van der Waals surface area contributed by atoms with Crippen LogP contribution < -0.4 is 10.1 Å². The fraction of sp³-hybridized carbons (Fsp3) is 0.333. The first-order valence-corrected chi connectivity index (χ1v) is 9.11. The molecule has 0 bridgehead atoms. The van der Waals surface area contributed by atoms with Crippen LogP contribution in [0.15, 0.2) is 33.1 Å². The molecule has 1 atom stereocenters. The number of anilines is 2. The molecule has 0 fully saturated rings. The molecule has 1 N–H and O–H groups in total. The molecule has 7 nitrogen and oxygen atoms in total. The van der Waals surface area contributed by atoms with Gasteiger partial charge < -0.3 is 14.6 Å². The molecule has 126 valence electrons. The first-order chi connectivity index (χ1) is 11.7. The van der Waals surface area contributed by atoms with Crippen molar-refractivity contribution in [3.63, 3.8) is 0 Å². The predicted octanol–water partition coefficient (Wildman–Crippen LogP) is 4.09. The fourth-order valence-corrected chi connectivity index (χ4v) is 3.86. The summed E-state index contributed by atoms with van der Waals surface area (Å²) in [6, 6.07) is 7.66. The summed E-state index contributed by atoms with van der Waals surface area (Å²) in [5, 5.41) is 16.2. The van der Waals surface area contributed by atoms with E-state index >= 15 is 0 Å². The van der Waals surface area contributed by atoms with Gasteiger partial charge in [0.1, 0.15) is 5.75 Å². The van der Waals surface area contributed by atoms with Crippen LogP contribution in [0.25, 0.3) is 0 Å². The number of aromatic nitrogens is 4. The summed E-state index contributed by atoms with van der Waals surface area (Å²) in [7, 11) is 1.64. The molecule has 2 aromatic heterocycles. The SMILES string of the molecule is CCc1noc(C(C)Sc2nnc(Nc3cccc(OC)c3)s2)n1. The molecular formula is C15H17N5O2S2. The molecule has 2 heterocycles. The standard InChI is InChI=1S/C15H17N5O2S2/c1-4-12-17-13(22-20-12)9(2)23-15-19-18-14(24-15)16-10-6-5-7-11(8-10)21-3/h5-9H,4H2,1-3H3,(H,16,18). The number of thioether (sulfide) groups is 1. The van der Waals surface area contributed by atoms with Crippen LogP contribution in [0.4, 0.5) is 10.8 Å². The number of rotatable bonds is 7. The van der Waals surface area contributed by atoms with Gasteiger partial charge in [0.2, 0.25) is 11.0 Å². The minimum absolute atomic E-state index is 0.0235. The van der Waals surface area contributed by atoms with Crippen molar-refractivity contribution in [2.75, 3.05) is 12.4 Å². The maximum atomic E-state index is 5.26. The van der Waals surface area contributed by atoms with Gasteiger partial charge in [0, 0.05) is 18.2 Å². The average Bonchev–Trinajstić information content (AvgIpc) is 3.24. The van der Waals surface area contributed by atoms with Gasteiger partial charge in [-0.3, -0.25) is 0 Å². The van der Waals surface area contributed by atoms with Crippen LogP contribution in [0, 0.1) is 0 Å². The second-order valence-electron chi connectivity index (χ2n) is 4.89. The number of benzene rings is 1. The van der Waals surface area contributed by atoms with Crippen molar-refractivity contribution in [2.45, 2.75) is 29.9 Å². The van der Waals surface area contributed by atoms with Crippen molar-refractivity contribution >= 4 is 33.9 Å². The number of nitrogens with one attached hydrogen (secondary N) is 1. The molecule has 0 saturated carbocycles. The van der Waals surface area contributed by atoms with E-state index in [1.165, 1.54) is 11.3 Å². The lowest BCUT2D eigenvalue weighted by molar-refractivity contribution is 0.375. The summed E-state index contributed by atoms with van der Waals surface area (Å²) in [5.41, 5.74) is 0.902. The molecule has 0 aliphatic rings. The van der Waals surface area contributed by atoms with Crippen LogP contribution in [0.5, 0.6) is 5.75 Å². The molecule has 9 heteroatoms. The highest BCUT2D eigenvalue weighted by molar-refractivity contribution is 8.01. The maximum Gasteiger partial charge on any atom is 0.239 e. The second kappa shape index (κ2) is 7.63. The third kappa shape index (κ3) is 4.04. The monoisotopic (exact) mass is 363 g/mol. The highest BCUT2D eigenvalue weighted by Crippen LogP contribution is 2.37. The predicted molar refractivity (Wildman–Crippen MR) is 94.1 cm³/mol. The first kappa shape index (κ1) is 16.7. The van der Waals surface area contributed by atoms with Crippen molar-refractivity contribution in [3.05, 3.63) is 36.0 Å². The molecule has 3 aromatic rings. The Bertz CT molecular complexity index is 805. The quantitative estimate of drug-likeness (QED) is 0.628. The molecule has 3 rings (SSSR count). The van der Waals surface area contributed by atoms with Crippen molar-refractivity contribution in [1.29, 1.82) is 0 Å². The molecule has 0 saturated heterocycles. The van der Waals surface area contributed by atoms with Gasteiger partial charge in [-0.05, 0) is 19.1 Å². The summed E-state index contributed by atoms with van der Waals surface area (Å²) in [6.45, 7) is 4.00. The normalized spacial score (nSPS) is 12.1. The smallest absolute Gasteiger partial charge is 0.239 e. The molecule has 1 unspecified atom stereocenters. The van der Waals surface area contributed by atoms with Gasteiger partial charge >= 0.3 is 0 Å². The zero-order valence-electron chi connectivity index (χ0n) is 13.5. The van der Waals surface area contributed by atoms with Crippen LogP contribution in [0.3, 0.4) is 0 Å². The Morgan fingerprint density at radius 3 is 3.00 bits per heavy atom. The second-order valence-corrected chi connectivity index (χ2v) is 7.46. The summed E-state index contributed by atoms with van der Waals surface area (Å²) < 4.78 is 11.3. The van der Waals surface area contributed by atoms with Crippen LogP contribution >= 0.6 is 23.1 Å². The van der Waals surface area contributed by atoms with E-state index in [2.05, 4.69) is 25.7 Å². The minimum atomic E-state index is 0.0235. The Hall–Kier alpha value is -2.13. The van der Waals surface area contributed by atoms with Gasteiger partial charge in [0.15, 0.2) is 10.2 Å². The Labute approximate surface area is 147 Å². The molecule has 0 radical (unpaired) electrons. The summed E-state index contributed by atoms with van der Waals surface area (Å²) in [4.78, 5) is 4.35. The third-order valence-corrected chi connectivity index (χ3v) is 5.16. The van der Waals surface area contributed by atoms with E-state index in [1.54, 1.807) is 18.9 Å². The molecule has 0 spiro atoms. The zero-order chi connectivity index (χ0) is 16.9. The first-order valence-electron chi connectivity index (χ1n) is 7.41. The van der Waals surface area contributed by atoms with Crippen LogP contribution in [0.2, 0.25) is 0 Å². The Balaban J connectivity index is 1.64. The van der Waals surface area contributed by atoms with Gasteiger partial charge in [0.25, 0.3) is 0 Å². The Morgan fingerprint density at radius 2 is 2.25 bits per heavy atom. The molecule has 0 aliphatic carbocycles. The lowest BCUT2D eigenvalue weighted by Gasteiger charge is -2.04. The van der Waals surface area contributed by atoms with Crippen molar-refractivity contribution in [3.8, 4) is 5.75 Å². The number of hydrogen-bond donors (Lipinski definition) is 1.